The van der Waals surface area contributed by atoms with Gasteiger partial charge in [0.25, 0.3) is 0 Å². The Labute approximate surface area is 366 Å². The molecule has 0 saturated heterocycles. The van der Waals surface area contributed by atoms with Crippen molar-refractivity contribution in [3.8, 4) is 17.2 Å². The van der Waals surface area contributed by atoms with Gasteiger partial charge in [0.1, 0.15) is 29.5 Å². The zero-order valence-electron chi connectivity index (χ0n) is 36.6. The molecule has 3 aromatic rings. The van der Waals surface area contributed by atoms with E-state index in [4.69, 9.17) is 37.6 Å². The number of hydrogen-bond acceptors (Lipinski definition) is 10. The van der Waals surface area contributed by atoms with Crippen LogP contribution < -0.4 is 14.2 Å². The molecule has 0 aliphatic heterocycles. The summed E-state index contributed by atoms with van der Waals surface area (Å²) in [6.07, 6.45) is 0.599. The molecule has 0 spiro atoms. The highest BCUT2D eigenvalue weighted by atomic mass is 127. The Morgan fingerprint density at radius 1 is 0.780 bits per heavy atom. The molecule has 0 aromatic heterocycles. The van der Waals surface area contributed by atoms with Crippen LogP contribution in [0.3, 0.4) is 0 Å². The predicted octanol–water partition coefficient (Wildman–Crippen LogP) is 10.4. The fraction of sp³-hybridized carbons (Fsp3) is 0.489. The van der Waals surface area contributed by atoms with E-state index in [0.717, 1.165) is 49.5 Å². The highest BCUT2D eigenvalue weighted by Gasteiger charge is 2.42. The van der Waals surface area contributed by atoms with Crippen molar-refractivity contribution in [2.24, 2.45) is 5.41 Å². The molecule has 59 heavy (non-hydrogen) atoms. The number of carbonyl (C=O) groups is 2. The molecular weight excluding hydrogens is 879 g/mol. The average molecular weight is 943 g/mol. The SMILES string of the molecule is COc1ccc(COC[C@@H](OC(=O)/C(C)=C/C2(C)CCC(I)=C(C)C2=O)[C@@H](OCc2ccc(OC)cc2)[C@@H](CO[Si](C)(C)C(C)(C)C)OCc2ccc(OC)cc2)cc1. The van der Waals surface area contributed by atoms with E-state index in [1.807, 2.05) is 86.6 Å². The number of benzene rings is 3. The molecule has 0 radical (unpaired) electrons. The number of ether oxygens (including phenoxy) is 7. The van der Waals surface area contributed by atoms with Gasteiger partial charge in [-0.3, -0.25) is 4.79 Å². The summed E-state index contributed by atoms with van der Waals surface area (Å²) in [5.74, 6) is 1.63. The third kappa shape index (κ3) is 13.7. The van der Waals surface area contributed by atoms with Gasteiger partial charge < -0.3 is 37.6 Å². The lowest BCUT2D eigenvalue weighted by molar-refractivity contribution is -0.182. The van der Waals surface area contributed by atoms with Crippen molar-refractivity contribution in [1.82, 2.24) is 0 Å². The summed E-state index contributed by atoms with van der Waals surface area (Å²) >= 11 is 2.24. The molecule has 0 saturated carbocycles. The van der Waals surface area contributed by atoms with Crippen LogP contribution in [0.1, 0.15) is 71.1 Å². The number of hydrogen-bond donors (Lipinski definition) is 0. The van der Waals surface area contributed by atoms with Gasteiger partial charge in [0.05, 0.1) is 54.4 Å². The number of halogens is 1. The average Bonchev–Trinajstić information content (AvgIpc) is 3.22. The Morgan fingerprint density at radius 3 is 1.73 bits per heavy atom. The van der Waals surface area contributed by atoms with Gasteiger partial charge in [-0.2, -0.15) is 0 Å². The van der Waals surface area contributed by atoms with Crippen molar-refractivity contribution in [3.05, 3.63) is 110 Å². The Hall–Kier alpha value is -3.53. The summed E-state index contributed by atoms with van der Waals surface area (Å²) in [6.45, 7) is 17.2. The quantitative estimate of drug-likeness (QED) is 0.0443. The van der Waals surface area contributed by atoms with Gasteiger partial charge >= 0.3 is 5.97 Å². The molecule has 1 aliphatic rings. The van der Waals surface area contributed by atoms with Gasteiger partial charge in [0.15, 0.2) is 20.2 Å². The number of esters is 1. The smallest absolute Gasteiger partial charge is 0.333 e. The second-order valence-electron chi connectivity index (χ2n) is 16.8. The molecule has 1 unspecified atom stereocenters. The fourth-order valence-electron chi connectivity index (χ4n) is 6.38. The van der Waals surface area contributed by atoms with Crippen LogP contribution >= 0.6 is 22.6 Å². The Morgan fingerprint density at radius 2 is 1.25 bits per heavy atom. The molecule has 0 bridgehead atoms. The minimum atomic E-state index is -2.30. The Bertz CT molecular complexity index is 1880. The van der Waals surface area contributed by atoms with E-state index in [1.54, 1.807) is 34.3 Å². The summed E-state index contributed by atoms with van der Waals surface area (Å²) in [4.78, 5) is 27.8. The van der Waals surface area contributed by atoms with Crippen molar-refractivity contribution >= 4 is 42.7 Å². The summed E-state index contributed by atoms with van der Waals surface area (Å²) < 4.78 is 50.4. The fourth-order valence-corrected chi connectivity index (χ4v) is 7.90. The zero-order valence-corrected chi connectivity index (χ0v) is 39.8. The van der Waals surface area contributed by atoms with E-state index < -0.39 is 38.0 Å². The summed E-state index contributed by atoms with van der Waals surface area (Å²) in [5.41, 5.74) is 2.94. The molecule has 12 heteroatoms. The second-order valence-corrected chi connectivity index (χ2v) is 22.9. The van der Waals surface area contributed by atoms with Gasteiger partial charge in [-0.05, 0) is 131 Å². The molecule has 0 heterocycles. The van der Waals surface area contributed by atoms with E-state index in [0.29, 0.717) is 12.0 Å². The minimum absolute atomic E-state index is 0.00940. The van der Waals surface area contributed by atoms with Crippen LogP contribution in [0.4, 0.5) is 0 Å². The van der Waals surface area contributed by atoms with E-state index in [2.05, 4.69) is 56.5 Å². The van der Waals surface area contributed by atoms with Gasteiger partial charge in [-0.25, -0.2) is 4.79 Å². The van der Waals surface area contributed by atoms with Gasteiger partial charge in [-0.1, -0.05) is 63.2 Å². The lowest BCUT2D eigenvalue weighted by Crippen LogP contribution is -2.50. The van der Waals surface area contributed by atoms with Crippen molar-refractivity contribution in [2.75, 3.05) is 34.5 Å². The predicted molar refractivity (Wildman–Crippen MR) is 242 cm³/mol. The summed E-state index contributed by atoms with van der Waals surface area (Å²) in [6, 6.07) is 22.9. The third-order valence-electron chi connectivity index (χ3n) is 11.3. The number of methoxy groups -OCH3 is 3. The lowest BCUT2D eigenvalue weighted by atomic mass is 9.74. The van der Waals surface area contributed by atoms with E-state index in [1.165, 1.54) is 0 Å². The topological polar surface area (TPSA) is 108 Å². The van der Waals surface area contributed by atoms with Crippen LogP contribution in [0.2, 0.25) is 18.1 Å². The normalized spacial score (nSPS) is 18.0. The third-order valence-corrected chi connectivity index (χ3v) is 17.2. The Balaban J connectivity index is 1.75. The van der Waals surface area contributed by atoms with Gasteiger partial charge in [0.2, 0.25) is 0 Å². The number of rotatable bonds is 21. The number of allylic oxidation sites excluding steroid dienone is 3. The van der Waals surface area contributed by atoms with E-state index in [-0.39, 0.29) is 43.9 Å². The summed E-state index contributed by atoms with van der Waals surface area (Å²) in [5, 5.41) is -0.0828. The number of ketones is 1. The van der Waals surface area contributed by atoms with Crippen molar-refractivity contribution in [2.45, 2.75) is 111 Å². The van der Waals surface area contributed by atoms with Crippen LogP contribution in [-0.2, 0) is 52.8 Å². The van der Waals surface area contributed by atoms with E-state index >= 15 is 0 Å². The highest BCUT2D eigenvalue weighted by Crippen LogP contribution is 2.40. The van der Waals surface area contributed by atoms with Gasteiger partial charge in [-0.15, -0.1) is 0 Å². The van der Waals surface area contributed by atoms with Gasteiger partial charge in [0, 0.05) is 16.6 Å². The molecule has 4 atom stereocenters. The molecule has 3 aromatic carbocycles. The first-order valence-electron chi connectivity index (χ1n) is 20.0. The van der Waals surface area contributed by atoms with Crippen LogP contribution in [-0.4, -0.2) is 72.9 Å². The molecular formula is C47H63IO10Si. The maximum absolute atomic E-state index is 14.3. The zero-order chi connectivity index (χ0) is 43.4. The number of carbonyl (C=O) groups excluding carboxylic acids is 2. The van der Waals surface area contributed by atoms with Crippen molar-refractivity contribution < 1.29 is 47.2 Å². The Kier molecular flexibility index (Phi) is 17.8. The van der Waals surface area contributed by atoms with Crippen LogP contribution in [0.5, 0.6) is 17.2 Å². The maximum atomic E-state index is 14.3. The lowest BCUT2D eigenvalue weighted by Gasteiger charge is -2.39. The first-order valence-corrected chi connectivity index (χ1v) is 24.0. The first kappa shape index (κ1) is 48.1. The second kappa shape index (κ2) is 21.8. The standard InChI is InChI=1S/C47H63IO10Si/c1-32(26-47(6)25-24-40(48)33(2)44(47)49)45(50)58-42(30-54-27-34-12-18-37(51-7)19-13-34)43(56-29-36-16-22-39(53-9)23-17-36)41(31-57-59(10,11)46(3,4)5)55-28-35-14-20-38(52-8)21-15-35/h12-23,26,41-43H,24-25,27-31H2,1-11H3/b32-26+/t41-,42-,43+,47?/m1/s1. The molecule has 4 rings (SSSR count). The molecule has 0 amide bonds. The van der Waals surface area contributed by atoms with Crippen molar-refractivity contribution in [3.63, 3.8) is 0 Å². The molecule has 10 nitrogen and oxygen atoms in total. The minimum Gasteiger partial charge on any atom is -0.497 e. The van der Waals surface area contributed by atoms with Crippen molar-refractivity contribution in [1.29, 1.82) is 0 Å². The number of Topliss-reactive ketones (excluding diaryl/α,β-unsaturated/α-hetero) is 1. The van der Waals surface area contributed by atoms with Crippen LogP contribution in [0.25, 0.3) is 0 Å². The molecule has 0 N–H and O–H groups in total. The van der Waals surface area contributed by atoms with Crippen LogP contribution in [0.15, 0.2) is 93.6 Å². The molecule has 1 aliphatic carbocycles. The first-order chi connectivity index (χ1) is 27.9. The highest BCUT2D eigenvalue weighted by molar-refractivity contribution is 14.1. The maximum Gasteiger partial charge on any atom is 0.333 e. The van der Waals surface area contributed by atoms with E-state index in [9.17, 15) is 9.59 Å². The molecule has 0 fully saturated rings. The summed E-state index contributed by atoms with van der Waals surface area (Å²) in [7, 11) is 2.57. The monoisotopic (exact) mass is 942 g/mol. The van der Waals surface area contributed by atoms with Crippen LogP contribution in [0, 0.1) is 5.41 Å². The molecule has 322 valence electrons. The largest absolute Gasteiger partial charge is 0.497 e.